The fourth-order valence-corrected chi connectivity index (χ4v) is 3.48. The third-order valence-electron chi connectivity index (χ3n) is 1.37. The van der Waals surface area contributed by atoms with Crippen LogP contribution in [0.5, 0.6) is 0 Å². The van der Waals surface area contributed by atoms with Crippen molar-refractivity contribution in [3.05, 3.63) is 12.2 Å². The van der Waals surface area contributed by atoms with Crippen LogP contribution in [0, 0.1) is 0 Å². The minimum Gasteiger partial charge on any atom is -0.342 e. The first-order valence-electron chi connectivity index (χ1n) is 3.31. The molecule has 5 atom stereocenters. The quantitative estimate of drug-likeness (QED) is 0.727. The highest BCUT2D eigenvalue weighted by Gasteiger charge is 2.20. The zero-order valence-corrected chi connectivity index (χ0v) is 11.6. The average Bonchev–Trinajstić information content (AvgIpc) is 2.35. The first-order chi connectivity index (χ1) is 5.59. The summed E-state index contributed by atoms with van der Waals surface area (Å²) in [4.78, 5) is 10.8. The van der Waals surface area contributed by atoms with Gasteiger partial charge >= 0.3 is 0 Å². The largest absolute Gasteiger partial charge is 0.342 e. The van der Waals surface area contributed by atoms with Gasteiger partial charge in [0.15, 0.2) is 5.78 Å². The van der Waals surface area contributed by atoms with E-state index in [1.807, 2.05) is 6.08 Å². The van der Waals surface area contributed by atoms with E-state index in [1.54, 1.807) is 6.08 Å². The second-order valence-electron chi connectivity index (χ2n) is 2.36. The predicted octanol–water partition coefficient (Wildman–Crippen LogP) is 3.06. The van der Waals surface area contributed by atoms with E-state index in [0.717, 1.165) is 0 Å². The van der Waals surface area contributed by atoms with Gasteiger partial charge in [0.05, 0.1) is 13.6 Å². The van der Waals surface area contributed by atoms with Crippen molar-refractivity contribution in [2.24, 2.45) is 0 Å². The Morgan fingerprint density at radius 1 is 1.50 bits per heavy atom. The lowest BCUT2D eigenvalue weighted by Crippen LogP contribution is -2.02. The van der Waals surface area contributed by atoms with Crippen molar-refractivity contribution in [3.8, 4) is 0 Å². The summed E-state index contributed by atoms with van der Waals surface area (Å²) in [5, 5.41) is 0. The van der Waals surface area contributed by atoms with Gasteiger partial charge in [-0.15, -0.1) is 17.9 Å². The van der Waals surface area contributed by atoms with E-state index in [-0.39, 0.29) is 18.9 Å². The first-order valence-corrected chi connectivity index (χ1v) is 11.5. The van der Waals surface area contributed by atoms with Crippen molar-refractivity contribution in [1.29, 1.82) is 0 Å². The Kier molecular flexibility index (Phi) is 5.23. The molecule has 2 nitrogen and oxygen atoms in total. The molecular formula is C5H11O2P5. The maximum Gasteiger partial charge on any atom is 0.158 e. The molecule has 68 valence electrons. The molecule has 0 saturated carbocycles. The molecule has 0 N–H and O–H groups in total. The van der Waals surface area contributed by atoms with Crippen LogP contribution in [-0.2, 0) is 9.32 Å². The Bertz CT molecular complexity index is 204. The molecule has 0 aliphatic heterocycles. The van der Waals surface area contributed by atoms with Gasteiger partial charge in [-0.25, -0.2) is 0 Å². The molecule has 0 heterocycles. The Balaban J connectivity index is 2.33. The lowest BCUT2D eigenvalue weighted by molar-refractivity contribution is -0.114. The SMILES string of the molecule is O=C1C=CC(OP(P)P(P)P)C1. The normalized spacial score (nSPS) is 25.3. The highest BCUT2D eigenvalue weighted by atomic mass is 32.8. The molecule has 0 bridgehead atoms. The summed E-state index contributed by atoms with van der Waals surface area (Å²) in [5.41, 5.74) is 0. The van der Waals surface area contributed by atoms with Gasteiger partial charge in [-0.05, 0) is 13.1 Å². The topological polar surface area (TPSA) is 26.3 Å². The molecule has 0 aromatic carbocycles. The minimum atomic E-state index is -0.466. The van der Waals surface area contributed by atoms with E-state index in [2.05, 4.69) is 26.8 Å². The van der Waals surface area contributed by atoms with Gasteiger partial charge < -0.3 is 4.52 Å². The number of carbonyl (C=O) groups excluding carboxylic acids is 1. The van der Waals surface area contributed by atoms with Crippen LogP contribution in [0.4, 0.5) is 0 Å². The summed E-state index contributed by atoms with van der Waals surface area (Å²) >= 11 is 0. The van der Waals surface area contributed by atoms with Crippen molar-refractivity contribution < 1.29 is 9.32 Å². The summed E-state index contributed by atoms with van der Waals surface area (Å²) in [6.07, 6.45) is 3.99. The Morgan fingerprint density at radius 3 is 2.58 bits per heavy atom. The summed E-state index contributed by atoms with van der Waals surface area (Å²) in [6, 6.07) is 0. The maximum atomic E-state index is 10.8. The zero-order valence-electron chi connectivity index (χ0n) is 6.38. The second-order valence-corrected chi connectivity index (χ2v) is 16.9. The fourth-order valence-electron chi connectivity index (χ4n) is 0.815. The molecular weight excluding hydrogens is 247 g/mol. The van der Waals surface area contributed by atoms with Gasteiger partial charge in [0.1, 0.15) is 0 Å². The van der Waals surface area contributed by atoms with Gasteiger partial charge in [-0.1, -0.05) is 15.0 Å². The van der Waals surface area contributed by atoms with Crippen molar-refractivity contribution in [2.75, 3.05) is 0 Å². The summed E-state index contributed by atoms with van der Waals surface area (Å²) < 4.78 is 5.65. The smallest absolute Gasteiger partial charge is 0.158 e. The predicted molar refractivity (Wildman–Crippen MR) is 66.6 cm³/mol. The van der Waals surface area contributed by atoms with E-state index >= 15 is 0 Å². The molecule has 0 aromatic rings. The van der Waals surface area contributed by atoms with Crippen LogP contribution >= 0.6 is 41.3 Å². The maximum absolute atomic E-state index is 10.8. The Hall–Kier alpha value is 1.52. The van der Waals surface area contributed by atoms with Gasteiger partial charge in [-0.2, -0.15) is 0 Å². The van der Waals surface area contributed by atoms with Gasteiger partial charge in [0, 0.05) is 6.42 Å². The molecule has 12 heavy (non-hydrogen) atoms. The molecule has 1 rings (SSSR count). The van der Waals surface area contributed by atoms with Crippen molar-refractivity contribution >= 4 is 47.1 Å². The summed E-state index contributed by atoms with van der Waals surface area (Å²) in [6.45, 7) is -0.198. The molecule has 1 aliphatic carbocycles. The Morgan fingerprint density at radius 2 is 2.17 bits per heavy atom. The van der Waals surface area contributed by atoms with Crippen molar-refractivity contribution in [2.45, 2.75) is 12.5 Å². The minimum absolute atomic E-state index is 0.0206. The number of allylic oxidation sites excluding steroid dienone is 1. The lowest BCUT2D eigenvalue weighted by atomic mass is 10.3. The van der Waals surface area contributed by atoms with Crippen LogP contribution in [-0.4, -0.2) is 11.9 Å². The zero-order chi connectivity index (χ0) is 9.14. The van der Waals surface area contributed by atoms with Crippen LogP contribution in [0.15, 0.2) is 12.2 Å². The Labute approximate surface area is 81.4 Å². The monoisotopic (exact) mass is 258 g/mol. The van der Waals surface area contributed by atoms with Crippen molar-refractivity contribution in [3.63, 3.8) is 0 Å². The van der Waals surface area contributed by atoms with Gasteiger partial charge in [0.25, 0.3) is 0 Å². The third-order valence-corrected chi connectivity index (χ3v) is 15.6. The molecule has 0 amide bonds. The van der Waals surface area contributed by atoms with E-state index < -0.39 is 7.53 Å². The third kappa shape index (κ3) is 3.72. The lowest BCUT2D eigenvalue weighted by Gasteiger charge is -2.19. The highest BCUT2D eigenvalue weighted by molar-refractivity contribution is 8.80. The van der Waals surface area contributed by atoms with Crippen LogP contribution in [0.25, 0.3) is 0 Å². The standard InChI is InChI=1S/C5H11O2P5/c6-4-1-2-5(3-4)7-11(8)12(9)10/h1-2,5H,3,8-10H2. The highest BCUT2D eigenvalue weighted by Crippen LogP contribution is 2.83. The number of ketones is 1. The number of hydrogen-bond acceptors (Lipinski definition) is 2. The molecule has 0 saturated heterocycles. The molecule has 1 aliphatic rings. The summed E-state index contributed by atoms with van der Waals surface area (Å²) in [7, 11) is 7.70. The average molecular weight is 258 g/mol. The molecule has 0 fully saturated rings. The van der Waals surface area contributed by atoms with Crippen molar-refractivity contribution in [1.82, 2.24) is 0 Å². The van der Waals surface area contributed by atoms with E-state index in [9.17, 15) is 4.79 Å². The number of hydrogen-bond donors (Lipinski definition) is 0. The first kappa shape index (κ1) is 11.6. The van der Waals surface area contributed by atoms with Crippen LogP contribution in [0.1, 0.15) is 6.42 Å². The fraction of sp³-hybridized carbons (Fsp3) is 0.400. The number of rotatable bonds is 3. The van der Waals surface area contributed by atoms with Crippen LogP contribution in [0.2, 0.25) is 0 Å². The summed E-state index contributed by atoms with van der Waals surface area (Å²) in [5.74, 6) is 0.172. The van der Waals surface area contributed by atoms with E-state index in [0.29, 0.717) is 6.42 Å². The van der Waals surface area contributed by atoms with Crippen LogP contribution in [0.3, 0.4) is 0 Å². The molecule has 0 spiro atoms. The molecule has 0 aromatic heterocycles. The molecule has 5 unspecified atom stereocenters. The van der Waals surface area contributed by atoms with Gasteiger partial charge in [0.2, 0.25) is 0 Å². The van der Waals surface area contributed by atoms with Gasteiger partial charge in [-0.3, -0.25) is 4.79 Å². The van der Waals surface area contributed by atoms with E-state index in [4.69, 9.17) is 4.52 Å². The second kappa shape index (κ2) is 5.41. The molecule has 0 radical (unpaired) electrons. The molecule has 7 heteroatoms. The number of carbonyl (C=O) groups is 1. The van der Waals surface area contributed by atoms with Crippen LogP contribution < -0.4 is 0 Å². The van der Waals surface area contributed by atoms with E-state index in [1.165, 1.54) is 0 Å².